The van der Waals surface area contributed by atoms with E-state index in [0.717, 1.165) is 17.4 Å². The van der Waals surface area contributed by atoms with Crippen LogP contribution in [-0.2, 0) is 14.8 Å². The van der Waals surface area contributed by atoms with E-state index in [4.69, 9.17) is 4.42 Å². The molecule has 0 radical (unpaired) electrons. The van der Waals surface area contributed by atoms with E-state index in [9.17, 15) is 17.6 Å². The van der Waals surface area contributed by atoms with Crippen LogP contribution in [0.5, 0.6) is 0 Å². The zero-order valence-electron chi connectivity index (χ0n) is 16.3. The van der Waals surface area contributed by atoms with Gasteiger partial charge < -0.3 is 9.73 Å². The molecule has 6 nitrogen and oxygen atoms in total. The van der Waals surface area contributed by atoms with Crippen LogP contribution in [0.2, 0.25) is 0 Å². The molecule has 0 saturated carbocycles. The van der Waals surface area contributed by atoms with Gasteiger partial charge in [-0.05, 0) is 57.4 Å². The quantitative estimate of drug-likeness (QED) is 0.640. The van der Waals surface area contributed by atoms with Gasteiger partial charge in [0.15, 0.2) is 0 Å². The van der Waals surface area contributed by atoms with Crippen LogP contribution in [0.25, 0.3) is 0 Å². The molecule has 2 unspecified atom stereocenters. The SMILES string of the molecule is CSCCC(NS(=O)(=O)c1ccccc1F)C(=O)NC(C)c1cc(C)oc1C. The Balaban J connectivity index is 2.19. The number of hydrogen-bond acceptors (Lipinski definition) is 5. The summed E-state index contributed by atoms with van der Waals surface area (Å²) in [5.74, 6) is 0.651. The first kappa shape index (κ1) is 22.4. The molecule has 0 saturated heterocycles. The van der Waals surface area contributed by atoms with Crippen molar-refractivity contribution in [1.82, 2.24) is 10.0 Å². The molecule has 1 aromatic carbocycles. The molecular formula is C19H25FN2O4S2. The van der Waals surface area contributed by atoms with Crippen LogP contribution < -0.4 is 10.0 Å². The molecule has 2 aromatic rings. The molecule has 154 valence electrons. The highest BCUT2D eigenvalue weighted by Gasteiger charge is 2.28. The van der Waals surface area contributed by atoms with E-state index >= 15 is 0 Å². The molecule has 2 atom stereocenters. The van der Waals surface area contributed by atoms with Crippen LogP contribution in [0.4, 0.5) is 4.39 Å². The highest BCUT2D eigenvalue weighted by Crippen LogP contribution is 2.22. The predicted molar refractivity (Wildman–Crippen MR) is 108 cm³/mol. The van der Waals surface area contributed by atoms with Crippen molar-refractivity contribution in [3.63, 3.8) is 0 Å². The van der Waals surface area contributed by atoms with Crippen LogP contribution in [0, 0.1) is 19.7 Å². The van der Waals surface area contributed by atoms with Gasteiger partial charge in [-0.15, -0.1) is 0 Å². The van der Waals surface area contributed by atoms with Gasteiger partial charge in [-0.1, -0.05) is 12.1 Å². The lowest BCUT2D eigenvalue weighted by Gasteiger charge is -2.21. The highest BCUT2D eigenvalue weighted by atomic mass is 32.2. The first-order valence-corrected chi connectivity index (χ1v) is 11.7. The maximum absolute atomic E-state index is 13.9. The zero-order valence-corrected chi connectivity index (χ0v) is 17.9. The molecule has 0 fully saturated rings. The molecule has 1 heterocycles. The van der Waals surface area contributed by atoms with Crippen LogP contribution >= 0.6 is 11.8 Å². The monoisotopic (exact) mass is 428 g/mol. The molecule has 0 bridgehead atoms. The van der Waals surface area contributed by atoms with Gasteiger partial charge in [0.1, 0.15) is 28.3 Å². The van der Waals surface area contributed by atoms with Gasteiger partial charge in [-0.25, -0.2) is 12.8 Å². The second-order valence-corrected chi connectivity index (χ2v) is 9.15. The van der Waals surface area contributed by atoms with Crippen molar-refractivity contribution in [3.05, 3.63) is 53.2 Å². The minimum Gasteiger partial charge on any atom is -0.466 e. The molecule has 9 heteroatoms. The molecule has 1 aromatic heterocycles. The number of rotatable bonds is 9. The van der Waals surface area contributed by atoms with Crippen molar-refractivity contribution in [2.45, 2.75) is 44.2 Å². The fourth-order valence-corrected chi connectivity index (χ4v) is 4.65. The van der Waals surface area contributed by atoms with E-state index in [-0.39, 0.29) is 12.5 Å². The number of hydrogen-bond donors (Lipinski definition) is 2. The second kappa shape index (κ2) is 9.58. The second-order valence-electron chi connectivity index (χ2n) is 6.48. The Morgan fingerprint density at radius 1 is 1.29 bits per heavy atom. The third-order valence-corrected chi connectivity index (χ3v) is 6.40. The lowest BCUT2D eigenvalue weighted by atomic mass is 10.1. The van der Waals surface area contributed by atoms with Gasteiger partial charge >= 0.3 is 0 Å². The fourth-order valence-electron chi connectivity index (χ4n) is 2.86. The number of benzene rings is 1. The van der Waals surface area contributed by atoms with Gasteiger partial charge in [0.25, 0.3) is 0 Å². The zero-order chi connectivity index (χ0) is 20.9. The van der Waals surface area contributed by atoms with Crippen molar-refractivity contribution in [2.24, 2.45) is 0 Å². The smallest absolute Gasteiger partial charge is 0.244 e. The standard InChI is InChI=1S/C19H25FN2O4S2/c1-12-11-15(14(3)26-12)13(2)21-19(23)17(9-10-27-4)22-28(24,25)18-8-6-5-7-16(18)20/h5-8,11,13,17,22H,9-10H2,1-4H3,(H,21,23). The van der Waals surface area contributed by atoms with Crippen LogP contribution in [0.3, 0.4) is 0 Å². The van der Waals surface area contributed by atoms with Crippen molar-refractivity contribution in [2.75, 3.05) is 12.0 Å². The van der Waals surface area contributed by atoms with Crippen molar-refractivity contribution >= 4 is 27.7 Å². The summed E-state index contributed by atoms with van der Waals surface area (Å²) in [6.45, 7) is 5.41. The van der Waals surface area contributed by atoms with E-state index < -0.39 is 32.7 Å². The Kier molecular flexibility index (Phi) is 7.68. The Morgan fingerprint density at radius 3 is 2.54 bits per heavy atom. The number of carbonyl (C=O) groups is 1. The number of halogens is 1. The maximum atomic E-state index is 13.9. The van der Waals surface area contributed by atoms with E-state index in [1.54, 1.807) is 13.8 Å². The third-order valence-electron chi connectivity index (χ3n) is 4.26. The summed E-state index contributed by atoms with van der Waals surface area (Å²) >= 11 is 1.49. The summed E-state index contributed by atoms with van der Waals surface area (Å²) in [4.78, 5) is 12.3. The third kappa shape index (κ3) is 5.59. The van der Waals surface area contributed by atoms with Gasteiger partial charge in [0, 0.05) is 5.56 Å². The summed E-state index contributed by atoms with van der Waals surface area (Å²) in [7, 11) is -4.18. The van der Waals surface area contributed by atoms with E-state index in [2.05, 4.69) is 10.0 Å². The van der Waals surface area contributed by atoms with Gasteiger partial charge in [0.2, 0.25) is 15.9 Å². The summed E-state index contributed by atoms with van der Waals surface area (Å²) < 4.78 is 46.9. The van der Waals surface area contributed by atoms with E-state index in [1.165, 1.54) is 30.0 Å². The number of thioether (sulfide) groups is 1. The first-order valence-electron chi connectivity index (χ1n) is 8.78. The lowest BCUT2D eigenvalue weighted by molar-refractivity contribution is -0.123. The summed E-state index contributed by atoms with van der Waals surface area (Å²) in [6.07, 6.45) is 2.14. The summed E-state index contributed by atoms with van der Waals surface area (Å²) in [5.41, 5.74) is 0.825. The number of amides is 1. The predicted octanol–water partition coefficient (Wildman–Crippen LogP) is 3.31. The number of furan rings is 1. The molecule has 0 aliphatic heterocycles. The minimum absolute atomic E-state index is 0.275. The van der Waals surface area contributed by atoms with Crippen LogP contribution in [0.1, 0.15) is 36.5 Å². The van der Waals surface area contributed by atoms with Gasteiger partial charge in [-0.2, -0.15) is 16.5 Å². The summed E-state index contributed by atoms with van der Waals surface area (Å²) in [6, 6.07) is 5.52. The molecule has 1 amide bonds. The minimum atomic E-state index is -4.18. The van der Waals surface area contributed by atoms with Crippen molar-refractivity contribution < 1.29 is 22.0 Å². The molecule has 2 N–H and O–H groups in total. The largest absolute Gasteiger partial charge is 0.466 e. The number of sulfonamides is 1. The number of nitrogens with one attached hydrogen (secondary N) is 2. The first-order chi connectivity index (χ1) is 13.2. The number of carbonyl (C=O) groups excluding carboxylic acids is 1. The Bertz CT molecular complexity index is 928. The molecule has 0 spiro atoms. The topological polar surface area (TPSA) is 88.4 Å². The highest BCUT2D eigenvalue weighted by molar-refractivity contribution is 7.98. The van der Waals surface area contributed by atoms with Crippen molar-refractivity contribution in [3.8, 4) is 0 Å². The molecule has 2 rings (SSSR count). The Morgan fingerprint density at radius 2 is 1.96 bits per heavy atom. The molecule has 28 heavy (non-hydrogen) atoms. The normalized spacial score (nSPS) is 13.9. The molecule has 0 aliphatic carbocycles. The average Bonchev–Trinajstić information content (AvgIpc) is 2.97. The lowest BCUT2D eigenvalue weighted by Crippen LogP contribution is -2.47. The molecule has 0 aliphatic rings. The Hall–Kier alpha value is -1.84. The van der Waals surface area contributed by atoms with E-state index in [0.29, 0.717) is 11.5 Å². The Labute approximate surface area is 169 Å². The van der Waals surface area contributed by atoms with Gasteiger partial charge in [0.05, 0.1) is 6.04 Å². The molecular weight excluding hydrogens is 403 g/mol. The van der Waals surface area contributed by atoms with Crippen LogP contribution in [0.15, 0.2) is 39.6 Å². The fraction of sp³-hybridized carbons (Fsp3) is 0.421. The number of aryl methyl sites for hydroxylation is 2. The summed E-state index contributed by atoms with van der Waals surface area (Å²) in [5, 5.41) is 2.82. The average molecular weight is 429 g/mol. The van der Waals surface area contributed by atoms with Gasteiger partial charge in [-0.3, -0.25) is 4.79 Å². The van der Waals surface area contributed by atoms with Crippen molar-refractivity contribution in [1.29, 1.82) is 0 Å². The maximum Gasteiger partial charge on any atom is 0.244 e. The van der Waals surface area contributed by atoms with E-state index in [1.807, 2.05) is 19.2 Å². The van der Waals surface area contributed by atoms with Crippen LogP contribution in [-0.4, -0.2) is 32.4 Å².